The minimum Gasteiger partial charge on any atom is -0.465 e. The van der Waals surface area contributed by atoms with E-state index in [1.165, 1.54) is 7.11 Å². The van der Waals surface area contributed by atoms with Crippen molar-refractivity contribution in [2.75, 3.05) is 7.11 Å². The fraction of sp³-hybridized carbons (Fsp3) is 0.100. The van der Waals surface area contributed by atoms with Gasteiger partial charge in [-0.05, 0) is 40.8 Å². The van der Waals surface area contributed by atoms with Crippen molar-refractivity contribution < 1.29 is 9.53 Å². The zero-order chi connectivity index (χ0) is 10.1. The Hall–Kier alpha value is -1.04. The number of fused-ring (bicyclic) bond motifs is 1. The molecule has 3 nitrogen and oxygen atoms in total. The third-order valence-corrected chi connectivity index (χ3v) is 2.93. The number of carbonyl (C=O) groups excluding carboxylic acids is 1. The predicted octanol–water partition coefficient (Wildman–Crippen LogP) is 2.56. The Balaban J connectivity index is 2.64. The van der Waals surface area contributed by atoms with Crippen molar-refractivity contribution in [3.05, 3.63) is 33.5 Å². The van der Waals surface area contributed by atoms with Crippen LogP contribution in [0.5, 0.6) is 0 Å². The van der Waals surface area contributed by atoms with Gasteiger partial charge >= 0.3 is 5.97 Å². The van der Waals surface area contributed by atoms with Gasteiger partial charge in [-0.1, -0.05) is 0 Å². The van der Waals surface area contributed by atoms with Gasteiger partial charge in [0.05, 0.1) is 12.7 Å². The number of nitrogens with one attached hydrogen (secondary N) is 1. The number of halogens is 1. The molecule has 4 heteroatoms. The Morgan fingerprint density at radius 3 is 3.00 bits per heavy atom. The number of aromatic amines is 1. The molecule has 1 aromatic heterocycles. The summed E-state index contributed by atoms with van der Waals surface area (Å²) in [5.74, 6) is -0.306. The summed E-state index contributed by atoms with van der Waals surface area (Å²) >= 11 is 2.20. The lowest BCUT2D eigenvalue weighted by Crippen LogP contribution is -2.01. The van der Waals surface area contributed by atoms with Gasteiger partial charge in [-0.2, -0.15) is 0 Å². The second-order valence-corrected chi connectivity index (χ2v) is 4.05. The van der Waals surface area contributed by atoms with E-state index in [-0.39, 0.29) is 5.97 Å². The van der Waals surface area contributed by atoms with E-state index in [1.54, 1.807) is 6.07 Å². The summed E-state index contributed by atoms with van der Waals surface area (Å²) in [6.45, 7) is 0. The fourth-order valence-corrected chi connectivity index (χ4v) is 2.16. The largest absolute Gasteiger partial charge is 0.465 e. The van der Waals surface area contributed by atoms with Crippen molar-refractivity contribution >= 4 is 39.5 Å². The number of aromatic nitrogens is 1. The van der Waals surface area contributed by atoms with Crippen LogP contribution in [0.2, 0.25) is 0 Å². The van der Waals surface area contributed by atoms with Crippen LogP contribution in [0.4, 0.5) is 0 Å². The highest BCUT2D eigenvalue weighted by Crippen LogP contribution is 2.21. The smallest absolute Gasteiger partial charge is 0.337 e. The number of H-pyrrole nitrogens is 1. The molecule has 0 aliphatic rings. The number of ether oxygens (including phenoxy) is 1. The average Bonchev–Trinajstić information content (AvgIpc) is 2.64. The molecule has 0 saturated heterocycles. The monoisotopic (exact) mass is 301 g/mol. The lowest BCUT2D eigenvalue weighted by molar-refractivity contribution is 0.0601. The van der Waals surface area contributed by atoms with Crippen LogP contribution >= 0.6 is 22.6 Å². The molecule has 72 valence electrons. The molecule has 0 atom stereocenters. The molecule has 0 saturated carbocycles. The van der Waals surface area contributed by atoms with Gasteiger partial charge in [-0.3, -0.25) is 0 Å². The standard InChI is InChI=1S/C10H8INO2/c1-14-10(13)6-4-8(11)7-2-3-12-9(7)5-6/h2-5,12H,1H3. The summed E-state index contributed by atoms with van der Waals surface area (Å²) in [6.07, 6.45) is 1.86. The first kappa shape index (κ1) is 9.51. The fourth-order valence-electron chi connectivity index (χ4n) is 1.36. The molecule has 0 fully saturated rings. The molecule has 1 aromatic carbocycles. The van der Waals surface area contributed by atoms with Crippen LogP contribution in [0, 0.1) is 3.57 Å². The Kier molecular flexibility index (Phi) is 2.45. The minimum atomic E-state index is -0.306. The van der Waals surface area contributed by atoms with Crippen LogP contribution in [-0.4, -0.2) is 18.1 Å². The lowest BCUT2D eigenvalue weighted by atomic mass is 10.2. The van der Waals surface area contributed by atoms with Crippen molar-refractivity contribution in [1.29, 1.82) is 0 Å². The maximum Gasteiger partial charge on any atom is 0.337 e. The summed E-state index contributed by atoms with van der Waals surface area (Å²) in [4.78, 5) is 14.4. The van der Waals surface area contributed by atoms with Gasteiger partial charge < -0.3 is 9.72 Å². The van der Waals surface area contributed by atoms with E-state index in [0.717, 1.165) is 14.5 Å². The van der Waals surface area contributed by atoms with E-state index in [4.69, 9.17) is 0 Å². The average molecular weight is 301 g/mol. The van der Waals surface area contributed by atoms with Crippen LogP contribution in [0.25, 0.3) is 10.9 Å². The lowest BCUT2D eigenvalue weighted by Gasteiger charge is -2.01. The second-order valence-electron chi connectivity index (χ2n) is 2.89. The molecule has 1 N–H and O–H groups in total. The molecule has 0 amide bonds. The van der Waals surface area contributed by atoms with E-state index >= 15 is 0 Å². The maximum absolute atomic E-state index is 11.3. The van der Waals surface area contributed by atoms with E-state index in [0.29, 0.717) is 5.56 Å². The highest BCUT2D eigenvalue weighted by atomic mass is 127. The van der Waals surface area contributed by atoms with Crippen molar-refractivity contribution in [2.24, 2.45) is 0 Å². The van der Waals surface area contributed by atoms with Gasteiger partial charge in [0.2, 0.25) is 0 Å². The Bertz CT molecular complexity index is 490. The molecular weight excluding hydrogens is 293 g/mol. The van der Waals surface area contributed by atoms with Gasteiger partial charge in [0, 0.05) is 20.7 Å². The number of carbonyl (C=O) groups is 1. The van der Waals surface area contributed by atoms with E-state index < -0.39 is 0 Å². The molecule has 0 aliphatic heterocycles. The Labute approximate surface area is 94.6 Å². The van der Waals surface area contributed by atoms with Gasteiger partial charge in [0.15, 0.2) is 0 Å². The van der Waals surface area contributed by atoms with Crippen LogP contribution in [0.1, 0.15) is 10.4 Å². The van der Waals surface area contributed by atoms with E-state index in [2.05, 4.69) is 32.3 Å². The van der Waals surface area contributed by atoms with Crippen molar-refractivity contribution in [3.8, 4) is 0 Å². The van der Waals surface area contributed by atoms with E-state index in [1.807, 2.05) is 18.3 Å². The number of methoxy groups -OCH3 is 1. The predicted molar refractivity (Wildman–Crippen MR) is 62.4 cm³/mol. The van der Waals surface area contributed by atoms with Gasteiger partial charge in [0.25, 0.3) is 0 Å². The molecule has 2 rings (SSSR count). The minimum absolute atomic E-state index is 0.306. The molecular formula is C10H8INO2. The molecule has 14 heavy (non-hydrogen) atoms. The normalized spacial score (nSPS) is 10.4. The van der Waals surface area contributed by atoms with Gasteiger partial charge in [0.1, 0.15) is 0 Å². The maximum atomic E-state index is 11.3. The number of esters is 1. The zero-order valence-electron chi connectivity index (χ0n) is 7.50. The summed E-state index contributed by atoms with van der Waals surface area (Å²) in [6, 6.07) is 5.60. The molecule has 0 unspecified atom stereocenters. The summed E-state index contributed by atoms with van der Waals surface area (Å²) in [7, 11) is 1.38. The molecule has 0 radical (unpaired) electrons. The molecule has 0 bridgehead atoms. The molecule has 0 aliphatic carbocycles. The number of hydrogen-bond donors (Lipinski definition) is 1. The summed E-state index contributed by atoms with van der Waals surface area (Å²) in [5.41, 5.74) is 1.53. The van der Waals surface area contributed by atoms with Crippen molar-refractivity contribution in [1.82, 2.24) is 4.98 Å². The molecule has 1 heterocycles. The van der Waals surface area contributed by atoms with Crippen molar-refractivity contribution in [2.45, 2.75) is 0 Å². The Morgan fingerprint density at radius 2 is 2.29 bits per heavy atom. The first-order valence-corrected chi connectivity index (χ1v) is 5.15. The van der Waals surface area contributed by atoms with Crippen LogP contribution in [0.3, 0.4) is 0 Å². The quantitative estimate of drug-likeness (QED) is 0.650. The summed E-state index contributed by atoms with van der Waals surface area (Å²) < 4.78 is 5.70. The first-order valence-electron chi connectivity index (χ1n) is 4.07. The topological polar surface area (TPSA) is 42.1 Å². The highest BCUT2D eigenvalue weighted by Gasteiger charge is 2.09. The summed E-state index contributed by atoms with van der Waals surface area (Å²) in [5, 5.41) is 1.12. The molecule has 0 spiro atoms. The SMILES string of the molecule is COC(=O)c1cc(I)c2cc[nH]c2c1. The number of hydrogen-bond acceptors (Lipinski definition) is 2. The van der Waals surface area contributed by atoms with Gasteiger partial charge in [-0.15, -0.1) is 0 Å². The third-order valence-electron chi connectivity index (χ3n) is 2.04. The Morgan fingerprint density at radius 1 is 1.50 bits per heavy atom. The zero-order valence-corrected chi connectivity index (χ0v) is 9.66. The highest BCUT2D eigenvalue weighted by molar-refractivity contribution is 14.1. The van der Waals surface area contributed by atoms with Crippen LogP contribution in [-0.2, 0) is 4.74 Å². The number of rotatable bonds is 1. The van der Waals surface area contributed by atoms with E-state index in [9.17, 15) is 4.79 Å². The number of benzene rings is 1. The second kappa shape index (κ2) is 3.61. The van der Waals surface area contributed by atoms with Crippen molar-refractivity contribution in [3.63, 3.8) is 0 Å². The van der Waals surface area contributed by atoms with Crippen LogP contribution < -0.4 is 0 Å². The third kappa shape index (κ3) is 1.50. The first-order chi connectivity index (χ1) is 6.72. The molecule has 2 aromatic rings. The van der Waals surface area contributed by atoms with Crippen LogP contribution in [0.15, 0.2) is 24.4 Å². The van der Waals surface area contributed by atoms with Gasteiger partial charge in [-0.25, -0.2) is 4.79 Å².